The topological polar surface area (TPSA) is 106 Å². The fourth-order valence-corrected chi connectivity index (χ4v) is 2.75. The largest absolute Gasteiger partial charge is 0.381 e. The van der Waals surface area contributed by atoms with Crippen LogP contribution >= 0.6 is 0 Å². The first-order valence-electron chi connectivity index (χ1n) is 8.48. The predicted octanol–water partition coefficient (Wildman–Crippen LogP) is 2.09. The lowest BCUT2D eigenvalue weighted by molar-refractivity contribution is -0.124. The number of nitrogens with two attached hydrogens (primary N) is 1. The number of pyridine rings is 1. The second-order valence-corrected chi connectivity index (χ2v) is 6.44. The van der Waals surface area contributed by atoms with Crippen LogP contribution < -0.4 is 16.4 Å². The van der Waals surface area contributed by atoms with Gasteiger partial charge in [-0.1, -0.05) is 6.07 Å². The van der Waals surface area contributed by atoms with Gasteiger partial charge in [-0.2, -0.15) is 0 Å². The summed E-state index contributed by atoms with van der Waals surface area (Å²) in [7, 11) is 0. The van der Waals surface area contributed by atoms with Gasteiger partial charge in [0.05, 0.1) is 0 Å². The van der Waals surface area contributed by atoms with Crippen molar-refractivity contribution in [3.05, 3.63) is 53.9 Å². The number of carbonyl (C=O) groups is 2. The summed E-state index contributed by atoms with van der Waals surface area (Å²) in [5, 5.41) is 5.71. The first-order valence-corrected chi connectivity index (χ1v) is 8.48. The molecule has 0 unspecified atom stereocenters. The lowest BCUT2D eigenvalue weighted by atomic mass is 9.90. The number of benzene rings is 1. The molecule has 1 fully saturated rings. The van der Waals surface area contributed by atoms with Crippen LogP contribution in [0.5, 0.6) is 0 Å². The molecule has 3 rings (SSSR count). The maximum Gasteiger partial charge on any atom is 0.255 e. The van der Waals surface area contributed by atoms with E-state index >= 15 is 0 Å². The monoisotopic (exact) mass is 354 g/mol. The van der Waals surface area contributed by atoms with E-state index in [0.717, 1.165) is 5.56 Å². The second-order valence-electron chi connectivity index (χ2n) is 6.44. The molecule has 7 heteroatoms. The molecule has 1 saturated heterocycles. The van der Waals surface area contributed by atoms with Crippen LogP contribution in [0.4, 0.5) is 11.4 Å². The summed E-state index contributed by atoms with van der Waals surface area (Å²) in [6.45, 7) is 2.84. The van der Waals surface area contributed by atoms with E-state index in [4.69, 9.17) is 10.5 Å². The third-order valence-corrected chi connectivity index (χ3v) is 4.52. The first-order chi connectivity index (χ1) is 12.5. The number of nitrogens with zero attached hydrogens (tertiary/aromatic N) is 1. The molecule has 1 aliphatic heterocycles. The molecule has 26 heavy (non-hydrogen) atoms. The van der Waals surface area contributed by atoms with Gasteiger partial charge in [-0.05, 0) is 49.6 Å². The molecule has 0 atom stereocenters. The molecule has 4 N–H and O–H groups in total. The summed E-state index contributed by atoms with van der Waals surface area (Å²) in [5.74, 6) is -0.477. The van der Waals surface area contributed by atoms with Gasteiger partial charge >= 0.3 is 0 Å². The van der Waals surface area contributed by atoms with E-state index in [1.807, 2.05) is 13.0 Å². The number of anilines is 2. The number of aromatic nitrogens is 1. The highest BCUT2D eigenvalue weighted by molar-refractivity contribution is 6.05. The van der Waals surface area contributed by atoms with E-state index in [1.165, 1.54) is 0 Å². The van der Waals surface area contributed by atoms with Crippen LogP contribution in [0.25, 0.3) is 0 Å². The highest BCUT2D eigenvalue weighted by Gasteiger charge is 2.35. The quantitative estimate of drug-likeness (QED) is 0.779. The van der Waals surface area contributed by atoms with Crippen molar-refractivity contribution in [1.82, 2.24) is 4.98 Å². The average Bonchev–Trinajstić information content (AvgIpc) is 2.65. The molecule has 1 aromatic carbocycles. The number of rotatable bonds is 4. The summed E-state index contributed by atoms with van der Waals surface area (Å²) in [4.78, 5) is 28.8. The van der Waals surface area contributed by atoms with Gasteiger partial charge < -0.3 is 21.1 Å². The van der Waals surface area contributed by atoms with E-state index in [-0.39, 0.29) is 11.8 Å². The Labute approximate surface area is 151 Å². The molecule has 2 heterocycles. The lowest BCUT2D eigenvalue weighted by Crippen LogP contribution is -2.54. The summed E-state index contributed by atoms with van der Waals surface area (Å²) >= 11 is 0. The Kier molecular flexibility index (Phi) is 5.29. The number of carbonyl (C=O) groups excluding carboxylic acids is 2. The Morgan fingerprint density at radius 2 is 1.81 bits per heavy atom. The molecule has 0 radical (unpaired) electrons. The number of aryl methyl sites for hydroxylation is 1. The molecule has 2 amide bonds. The van der Waals surface area contributed by atoms with Gasteiger partial charge in [-0.15, -0.1) is 0 Å². The fourth-order valence-electron chi connectivity index (χ4n) is 2.75. The van der Waals surface area contributed by atoms with Crippen molar-refractivity contribution in [3.8, 4) is 0 Å². The van der Waals surface area contributed by atoms with Crippen molar-refractivity contribution in [2.24, 2.45) is 5.73 Å². The Bertz CT molecular complexity index is 802. The average molecular weight is 354 g/mol. The van der Waals surface area contributed by atoms with Crippen LogP contribution in [0.2, 0.25) is 0 Å². The van der Waals surface area contributed by atoms with E-state index in [0.29, 0.717) is 43.0 Å². The van der Waals surface area contributed by atoms with Crippen molar-refractivity contribution in [2.45, 2.75) is 25.3 Å². The van der Waals surface area contributed by atoms with Gasteiger partial charge in [0.2, 0.25) is 5.91 Å². The third kappa shape index (κ3) is 4.07. The zero-order valence-electron chi connectivity index (χ0n) is 14.6. The molecular weight excluding hydrogens is 332 g/mol. The summed E-state index contributed by atoms with van der Waals surface area (Å²) in [6, 6.07) is 8.64. The molecule has 0 spiro atoms. The normalized spacial score (nSPS) is 15.9. The van der Waals surface area contributed by atoms with Crippen molar-refractivity contribution in [2.75, 3.05) is 23.8 Å². The van der Waals surface area contributed by atoms with E-state index in [2.05, 4.69) is 15.6 Å². The third-order valence-electron chi connectivity index (χ3n) is 4.52. The van der Waals surface area contributed by atoms with Crippen LogP contribution in [0.1, 0.15) is 28.8 Å². The first kappa shape index (κ1) is 18.0. The number of amides is 2. The minimum absolute atomic E-state index is 0.237. The number of ether oxygens (including phenoxy) is 1. The molecule has 1 aromatic heterocycles. The van der Waals surface area contributed by atoms with Gasteiger partial charge in [0.25, 0.3) is 5.91 Å². The van der Waals surface area contributed by atoms with Crippen molar-refractivity contribution < 1.29 is 14.3 Å². The minimum atomic E-state index is -0.927. The van der Waals surface area contributed by atoms with Gasteiger partial charge in [-0.3, -0.25) is 14.6 Å². The smallest absolute Gasteiger partial charge is 0.255 e. The Balaban J connectivity index is 1.73. The summed E-state index contributed by atoms with van der Waals surface area (Å²) < 4.78 is 5.27. The molecule has 0 saturated carbocycles. The SMILES string of the molecule is Cc1ccc(NC(=O)C2(N)CCOCC2)cc1NC(=O)c1ccncc1. The second kappa shape index (κ2) is 7.63. The summed E-state index contributed by atoms with van der Waals surface area (Å²) in [5.41, 5.74) is 7.89. The highest BCUT2D eigenvalue weighted by Crippen LogP contribution is 2.24. The standard InChI is InChI=1S/C19H22N4O3/c1-13-2-3-15(22-18(25)19(20)6-10-26-11-7-19)12-16(13)23-17(24)14-4-8-21-9-5-14/h2-5,8-9,12H,6-7,10-11,20H2,1H3,(H,22,25)(H,23,24). The van der Waals surface area contributed by atoms with Crippen LogP contribution in [0.15, 0.2) is 42.7 Å². The van der Waals surface area contributed by atoms with Crippen LogP contribution in [0, 0.1) is 6.92 Å². The van der Waals surface area contributed by atoms with Gasteiger partial charge in [0.1, 0.15) is 5.54 Å². The Morgan fingerprint density at radius 3 is 2.50 bits per heavy atom. The number of nitrogens with one attached hydrogen (secondary N) is 2. The van der Waals surface area contributed by atoms with Gasteiger partial charge in [-0.25, -0.2) is 0 Å². The maximum atomic E-state index is 12.5. The molecule has 0 aliphatic carbocycles. The van der Waals surface area contributed by atoms with Crippen molar-refractivity contribution in [3.63, 3.8) is 0 Å². The molecular formula is C19H22N4O3. The molecule has 1 aliphatic rings. The van der Waals surface area contributed by atoms with E-state index < -0.39 is 5.54 Å². The van der Waals surface area contributed by atoms with Crippen LogP contribution in [0.3, 0.4) is 0 Å². The summed E-state index contributed by atoms with van der Waals surface area (Å²) in [6.07, 6.45) is 4.09. The van der Waals surface area contributed by atoms with Crippen molar-refractivity contribution >= 4 is 23.2 Å². The van der Waals surface area contributed by atoms with Gasteiger partial charge in [0.15, 0.2) is 0 Å². The zero-order chi connectivity index (χ0) is 18.6. The van der Waals surface area contributed by atoms with Gasteiger partial charge in [0, 0.05) is 42.5 Å². The number of hydrogen-bond donors (Lipinski definition) is 3. The maximum absolute atomic E-state index is 12.5. The van der Waals surface area contributed by atoms with Crippen LogP contribution in [-0.4, -0.2) is 35.6 Å². The highest BCUT2D eigenvalue weighted by atomic mass is 16.5. The van der Waals surface area contributed by atoms with Crippen molar-refractivity contribution in [1.29, 1.82) is 0 Å². The molecule has 136 valence electrons. The zero-order valence-corrected chi connectivity index (χ0v) is 14.6. The molecule has 0 bridgehead atoms. The van der Waals surface area contributed by atoms with E-state index in [1.54, 1.807) is 36.7 Å². The Hall–Kier alpha value is -2.77. The van der Waals surface area contributed by atoms with Crippen LogP contribution in [-0.2, 0) is 9.53 Å². The molecule has 2 aromatic rings. The predicted molar refractivity (Wildman–Crippen MR) is 99.0 cm³/mol. The molecule has 7 nitrogen and oxygen atoms in total. The lowest BCUT2D eigenvalue weighted by Gasteiger charge is -2.31. The fraction of sp³-hybridized carbons (Fsp3) is 0.316. The number of hydrogen-bond acceptors (Lipinski definition) is 5. The Morgan fingerprint density at radius 1 is 1.12 bits per heavy atom. The minimum Gasteiger partial charge on any atom is -0.381 e. The van der Waals surface area contributed by atoms with E-state index in [9.17, 15) is 9.59 Å².